The highest BCUT2D eigenvalue weighted by molar-refractivity contribution is 7.10. The summed E-state index contributed by atoms with van der Waals surface area (Å²) in [6.07, 6.45) is 8.63. The van der Waals surface area contributed by atoms with Gasteiger partial charge in [-0.1, -0.05) is 6.07 Å². The second-order valence-electron chi connectivity index (χ2n) is 6.37. The maximum atomic E-state index is 12.7. The van der Waals surface area contributed by atoms with Gasteiger partial charge in [0.15, 0.2) is 0 Å². The molecular formula is C19H19N5O2S. The van der Waals surface area contributed by atoms with Gasteiger partial charge in [-0.2, -0.15) is 0 Å². The molecule has 1 aliphatic heterocycles. The first-order valence-corrected chi connectivity index (χ1v) is 9.66. The van der Waals surface area contributed by atoms with Crippen LogP contribution in [0, 0.1) is 0 Å². The number of amides is 2. The number of hydrogen-bond acceptors (Lipinski definition) is 5. The molecule has 1 saturated heterocycles. The number of imidazole rings is 1. The highest BCUT2D eigenvalue weighted by Crippen LogP contribution is 2.21. The zero-order valence-electron chi connectivity index (χ0n) is 14.6. The predicted octanol–water partition coefficient (Wildman–Crippen LogP) is 2.50. The number of hydrogen-bond donors (Lipinski definition) is 1. The summed E-state index contributed by atoms with van der Waals surface area (Å²) >= 11 is 1.56. The van der Waals surface area contributed by atoms with Gasteiger partial charge in [-0.3, -0.25) is 14.2 Å². The van der Waals surface area contributed by atoms with E-state index in [2.05, 4.69) is 15.3 Å². The third-order valence-electron chi connectivity index (χ3n) is 4.57. The minimum absolute atomic E-state index is 0.00341. The number of nitrogens with zero attached hydrogens (tertiary/aromatic N) is 4. The summed E-state index contributed by atoms with van der Waals surface area (Å²) in [4.78, 5) is 36.3. The summed E-state index contributed by atoms with van der Waals surface area (Å²) in [6.45, 7) is 0.625. The van der Waals surface area contributed by atoms with Gasteiger partial charge in [-0.05, 0) is 36.4 Å². The van der Waals surface area contributed by atoms with Crippen LogP contribution in [0.1, 0.15) is 17.7 Å². The number of rotatable bonds is 5. The van der Waals surface area contributed by atoms with E-state index in [1.807, 2.05) is 23.6 Å². The first-order valence-electron chi connectivity index (χ1n) is 8.78. The first-order chi connectivity index (χ1) is 13.2. The lowest BCUT2D eigenvalue weighted by atomic mass is 10.2. The second-order valence-corrected chi connectivity index (χ2v) is 7.40. The molecule has 0 aromatic carbocycles. The van der Waals surface area contributed by atoms with E-state index in [-0.39, 0.29) is 11.8 Å². The van der Waals surface area contributed by atoms with Crippen molar-refractivity contribution in [1.29, 1.82) is 0 Å². The van der Waals surface area contributed by atoms with Gasteiger partial charge < -0.3 is 10.2 Å². The van der Waals surface area contributed by atoms with Crippen LogP contribution in [-0.2, 0) is 16.0 Å². The predicted molar refractivity (Wildman–Crippen MR) is 103 cm³/mol. The molecule has 2 amide bonds. The van der Waals surface area contributed by atoms with Gasteiger partial charge >= 0.3 is 0 Å². The van der Waals surface area contributed by atoms with Crippen molar-refractivity contribution in [2.24, 2.45) is 0 Å². The van der Waals surface area contributed by atoms with Crippen molar-refractivity contribution in [2.45, 2.75) is 25.3 Å². The van der Waals surface area contributed by atoms with Gasteiger partial charge in [0.1, 0.15) is 18.2 Å². The smallest absolute Gasteiger partial charge is 0.247 e. The molecule has 0 spiro atoms. The number of thiophene rings is 1. The molecule has 0 aliphatic carbocycles. The molecule has 1 fully saturated rings. The van der Waals surface area contributed by atoms with Crippen LogP contribution in [0.25, 0.3) is 5.82 Å². The Morgan fingerprint density at radius 2 is 2.22 bits per heavy atom. The molecule has 1 unspecified atom stereocenters. The van der Waals surface area contributed by atoms with E-state index in [4.69, 9.17) is 0 Å². The van der Waals surface area contributed by atoms with Crippen molar-refractivity contribution in [2.75, 3.05) is 11.9 Å². The van der Waals surface area contributed by atoms with Crippen molar-refractivity contribution in [3.05, 3.63) is 59.4 Å². The second kappa shape index (κ2) is 7.71. The zero-order valence-corrected chi connectivity index (χ0v) is 15.4. The number of likely N-dealkylation sites (tertiary alicyclic amines) is 1. The topological polar surface area (TPSA) is 80.1 Å². The Morgan fingerprint density at radius 3 is 2.93 bits per heavy atom. The minimum atomic E-state index is -0.425. The lowest BCUT2D eigenvalue weighted by molar-refractivity contribution is -0.136. The Bertz CT molecular complexity index is 906. The monoisotopic (exact) mass is 381 g/mol. The van der Waals surface area contributed by atoms with E-state index in [1.165, 1.54) is 0 Å². The lowest BCUT2D eigenvalue weighted by Gasteiger charge is -2.23. The number of anilines is 1. The van der Waals surface area contributed by atoms with Crippen LogP contribution >= 0.6 is 11.3 Å². The molecule has 4 rings (SSSR count). The molecule has 138 valence electrons. The van der Waals surface area contributed by atoms with Gasteiger partial charge in [0, 0.05) is 23.8 Å². The molecule has 8 heteroatoms. The Morgan fingerprint density at radius 1 is 1.30 bits per heavy atom. The van der Waals surface area contributed by atoms with E-state index < -0.39 is 6.04 Å². The Hall–Kier alpha value is -3.00. The molecule has 3 aromatic rings. The number of aromatic nitrogens is 3. The van der Waals surface area contributed by atoms with Crippen molar-refractivity contribution in [3.63, 3.8) is 0 Å². The molecule has 1 atom stereocenters. The fourth-order valence-electron chi connectivity index (χ4n) is 3.23. The number of nitrogens with one attached hydrogen (secondary N) is 1. The van der Waals surface area contributed by atoms with Crippen LogP contribution in [-0.4, -0.2) is 43.8 Å². The third kappa shape index (κ3) is 3.90. The largest absolute Gasteiger partial charge is 0.330 e. The molecule has 3 aromatic heterocycles. The average molecular weight is 381 g/mol. The highest BCUT2D eigenvalue weighted by atomic mass is 32.1. The standard InChI is InChI=1S/C19H19N5O2S/c25-18(11-15-3-2-10-27-15)24-8-1-4-16(24)19(26)22-14-5-6-17(21-12-14)23-9-7-20-13-23/h2-3,5-7,9-10,12-13,16H,1,4,8,11H2,(H,22,26). The highest BCUT2D eigenvalue weighted by Gasteiger charge is 2.34. The van der Waals surface area contributed by atoms with Crippen molar-refractivity contribution in [3.8, 4) is 5.82 Å². The van der Waals surface area contributed by atoms with E-state index in [1.54, 1.807) is 51.8 Å². The van der Waals surface area contributed by atoms with Gasteiger partial charge in [0.2, 0.25) is 11.8 Å². The van der Waals surface area contributed by atoms with Crippen LogP contribution in [0.5, 0.6) is 0 Å². The number of carbonyl (C=O) groups excluding carboxylic acids is 2. The first kappa shape index (κ1) is 17.4. The fraction of sp³-hybridized carbons (Fsp3) is 0.263. The van der Waals surface area contributed by atoms with Crippen LogP contribution in [0.2, 0.25) is 0 Å². The molecule has 7 nitrogen and oxygen atoms in total. The molecule has 0 bridgehead atoms. The quantitative estimate of drug-likeness (QED) is 0.736. The molecule has 4 heterocycles. The normalized spacial score (nSPS) is 16.4. The van der Waals surface area contributed by atoms with E-state index in [0.717, 1.165) is 17.1 Å². The van der Waals surface area contributed by atoms with Crippen LogP contribution < -0.4 is 5.32 Å². The van der Waals surface area contributed by atoms with Gasteiger partial charge in [-0.15, -0.1) is 11.3 Å². The Balaban J connectivity index is 1.40. The van der Waals surface area contributed by atoms with Crippen LogP contribution in [0.4, 0.5) is 5.69 Å². The van der Waals surface area contributed by atoms with Crippen molar-refractivity contribution < 1.29 is 9.59 Å². The maximum absolute atomic E-state index is 12.7. The summed E-state index contributed by atoms with van der Waals surface area (Å²) in [7, 11) is 0. The van der Waals surface area contributed by atoms with Gasteiger partial charge in [0.05, 0.1) is 18.3 Å². The number of pyridine rings is 1. The molecule has 0 radical (unpaired) electrons. The minimum Gasteiger partial charge on any atom is -0.330 e. The Labute approximate surface area is 160 Å². The van der Waals surface area contributed by atoms with Crippen LogP contribution in [0.15, 0.2) is 54.6 Å². The van der Waals surface area contributed by atoms with E-state index in [9.17, 15) is 9.59 Å². The molecular weight excluding hydrogens is 362 g/mol. The molecule has 0 saturated carbocycles. The summed E-state index contributed by atoms with van der Waals surface area (Å²) in [5.74, 6) is 0.562. The van der Waals surface area contributed by atoms with Gasteiger partial charge in [-0.25, -0.2) is 9.97 Å². The summed E-state index contributed by atoms with van der Waals surface area (Å²) in [6, 6.07) is 7.06. The van der Waals surface area contributed by atoms with Crippen molar-refractivity contribution >= 4 is 28.8 Å². The zero-order chi connectivity index (χ0) is 18.6. The van der Waals surface area contributed by atoms with Gasteiger partial charge in [0.25, 0.3) is 0 Å². The number of carbonyl (C=O) groups is 2. The summed E-state index contributed by atoms with van der Waals surface area (Å²) in [5.41, 5.74) is 0.612. The van der Waals surface area contributed by atoms with E-state index in [0.29, 0.717) is 25.1 Å². The maximum Gasteiger partial charge on any atom is 0.247 e. The summed E-state index contributed by atoms with van der Waals surface area (Å²) < 4.78 is 1.79. The molecule has 27 heavy (non-hydrogen) atoms. The fourth-order valence-corrected chi connectivity index (χ4v) is 3.93. The Kier molecular flexibility index (Phi) is 4.97. The van der Waals surface area contributed by atoms with E-state index >= 15 is 0 Å². The lowest BCUT2D eigenvalue weighted by Crippen LogP contribution is -2.43. The van der Waals surface area contributed by atoms with Crippen LogP contribution in [0.3, 0.4) is 0 Å². The average Bonchev–Trinajstić information content (AvgIpc) is 3.43. The SMILES string of the molecule is O=C(Nc1ccc(-n2ccnc2)nc1)C1CCCN1C(=O)Cc1cccs1. The summed E-state index contributed by atoms with van der Waals surface area (Å²) in [5, 5.41) is 4.84. The molecule has 1 N–H and O–H groups in total. The third-order valence-corrected chi connectivity index (χ3v) is 5.44. The molecule has 1 aliphatic rings. The van der Waals surface area contributed by atoms with Crippen molar-refractivity contribution in [1.82, 2.24) is 19.4 Å².